The van der Waals surface area contributed by atoms with Crippen molar-refractivity contribution in [3.8, 4) is 5.69 Å². The van der Waals surface area contributed by atoms with Crippen molar-refractivity contribution >= 4 is 17.5 Å². The number of nitrogens with zero attached hydrogens (tertiary/aromatic N) is 3. The Morgan fingerprint density at radius 1 is 0.938 bits per heavy atom. The van der Waals surface area contributed by atoms with Gasteiger partial charge in [-0.3, -0.25) is 9.69 Å². The number of para-hydroxylation sites is 1. The van der Waals surface area contributed by atoms with Crippen LogP contribution in [0.3, 0.4) is 0 Å². The van der Waals surface area contributed by atoms with Gasteiger partial charge in [0.15, 0.2) is 5.78 Å². The van der Waals surface area contributed by atoms with Crippen LogP contribution in [0.5, 0.6) is 0 Å². The van der Waals surface area contributed by atoms with Crippen molar-refractivity contribution in [3.05, 3.63) is 83.4 Å². The zero-order chi connectivity index (χ0) is 22.7. The van der Waals surface area contributed by atoms with Crippen LogP contribution in [0, 0.1) is 19.7 Å². The van der Waals surface area contributed by atoms with Crippen LogP contribution >= 0.6 is 0 Å². The number of amides is 2. The first-order valence-corrected chi connectivity index (χ1v) is 10.7. The van der Waals surface area contributed by atoms with Crippen molar-refractivity contribution in [2.75, 3.05) is 38.0 Å². The van der Waals surface area contributed by atoms with Gasteiger partial charge in [-0.25, -0.2) is 9.18 Å². The van der Waals surface area contributed by atoms with E-state index in [1.807, 2.05) is 54.8 Å². The number of hydrogen-bond acceptors (Lipinski definition) is 3. The molecule has 2 amide bonds. The zero-order valence-electron chi connectivity index (χ0n) is 18.3. The molecule has 0 bridgehead atoms. The molecule has 3 aromatic rings. The molecule has 0 spiro atoms. The second-order valence-corrected chi connectivity index (χ2v) is 8.08. The van der Waals surface area contributed by atoms with Crippen LogP contribution in [0.1, 0.15) is 21.7 Å². The Balaban J connectivity index is 1.36. The maximum absolute atomic E-state index is 13.3. The average Bonchev–Trinajstić information content (AvgIpc) is 3.09. The SMILES string of the molecule is Cc1cc(C(=O)CN2CCN(C(=O)Nc3ccccc3)CC2)c(C)n1-c1ccc(F)cc1. The van der Waals surface area contributed by atoms with Gasteiger partial charge in [0.25, 0.3) is 0 Å². The lowest BCUT2D eigenvalue weighted by Gasteiger charge is -2.34. The van der Waals surface area contributed by atoms with E-state index in [1.165, 1.54) is 12.1 Å². The third-order valence-corrected chi connectivity index (χ3v) is 5.87. The number of ketones is 1. The first kappa shape index (κ1) is 21.8. The van der Waals surface area contributed by atoms with Gasteiger partial charge >= 0.3 is 6.03 Å². The van der Waals surface area contributed by atoms with Crippen molar-refractivity contribution in [2.45, 2.75) is 13.8 Å². The van der Waals surface area contributed by atoms with E-state index in [-0.39, 0.29) is 17.6 Å². The molecule has 1 fully saturated rings. The van der Waals surface area contributed by atoms with Crippen LogP contribution in [0.2, 0.25) is 0 Å². The highest BCUT2D eigenvalue weighted by Gasteiger charge is 2.24. The van der Waals surface area contributed by atoms with Crippen molar-refractivity contribution in [1.82, 2.24) is 14.4 Å². The molecule has 32 heavy (non-hydrogen) atoms. The van der Waals surface area contributed by atoms with Crippen molar-refractivity contribution in [3.63, 3.8) is 0 Å². The van der Waals surface area contributed by atoms with E-state index in [4.69, 9.17) is 0 Å². The van der Waals surface area contributed by atoms with E-state index >= 15 is 0 Å². The minimum atomic E-state index is -0.288. The van der Waals surface area contributed by atoms with Crippen LogP contribution in [-0.4, -0.2) is 58.9 Å². The maximum Gasteiger partial charge on any atom is 0.321 e. The molecular weight excluding hydrogens is 407 g/mol. The molecule has 1 aliphatic heterocycles. The number of urea groups is 1. The standard InChI is InChI=1S/C25H27FN4O2/c1-18-16-23(19(2)30(18)22-10-8-20(26)9-11-22)24(31)17-28-12-14-29(15-13-28)25(32)27-21-6-4-3-5-7-21/h3-11,16H,12-15,17H2,1-2H3,(H,27,32). The first-order chi connectivity index (χ1) is 15.4. The molecule has 1 N–H and O–H groups in total. The molecule has 1 aliphatic rings. The number of rotatable bonds is 5. The fourth-order valence-electron chi connectivity index (χ4n) is 4.15. The molecular formula is C25H27FN4O2. The third kappa shape index (κ3) is 4.73. The monoisotopic (exact) mass is 434 g/mol. The number of aryl methyl sites for hydroxylation is 1. The summed E-state index contributed by atoms with van der Waals surface area (Å²) in [6.07, 6.45) is 0. The average molecular weight is 435 g/mol. The minimum absolute atomic E-state index is 0.0497. The molecule has 0 radical (unpaired) electrons. The molecule has 0 unspecified atom stereocenters. The lowest BCUT2D eigenvalue weighted by molar-refractivity contribution is 0.0883. The smallest absolute Gasteiger partial charge is 0.321 e. The van der Waals surface area contributed by atoms with Crippen LogP contribution < -0.4 is 5.32 Å². The molecule has 2 heterocycles. The Morgan fingerprint density at radius 2 is 1.59 bits per heavy atom. The Kier molecular flexibility index (Phi) is 6.37. The predicted molar refractivity (Wildman–Crippen MR) is 123 cm³/mol. The van der Waals surface area contributed by atoms with Crippen LogP contribution in [0.4, 0.5) is 14.9 Å². The van der Waals surface area contributed by atoms with E-state index in [2.05, 4.69) is 10.2 Å². The van der Waals surface area contributed by atoms with Gasteiger partial charge < -0.3 is 14.8 Å². The molecule has 166 valence electrons. The number of nitrogens with one attached hydrogen (secondary N) is 1. The fourth-order valence-corrected chi connectivity index (χ4v) is 4.15. The van der Waals surface area contributed by atoms with Gasteiger partial charge in [0.05, 0.1) is 6.54 Å². The van der Waals surface area contributed by atoms with Gasteiger partial charge in [0.2, 0.25) is 0 Å². The van der Waals surface area contributed by atoms with E-state index in [0.29, 0.717) is 38.3 Å². The zero-order valence-corrected chi connectivity index (χ0v) is 18.3. The molecule has 0 atom stereocenters. The van der Waals surface area contributed by atoms with E-state index < -0.39 is 0 Å². The summed E-state index contributed by atoms with van der Waals surface area (Å²) in [5, 5.41) is 2.90. The van der Waals surface area contributed by atoms with Gasteiger partial charge in [-0.1, -0.05) is 18.2 Å². The summed E-state index contributed by atoms with van der Waals surface area (Å²) >= 11 is 0. The van der Waals surface area contributed by atoms with E-state index in [0.717, 1.165) is 22.8 Å². The highest BCUT2D eigenvalue weighted by molar-refractivity contribution is 5.99. The quantitative estimate of drug-likeness (QED) is 0.611. The Morgan fingerprint density at radius 3 is 2.25 bits per heavy atom. The topological polar surface area (TPSA) is 57.6 Å². The molecule has 2 aromatic carbocycles. The fraction of sp³-hybridized carbons (Fsp3) is 0.280. The second-order valence-electron chi connectivity index (χ2n) is 8.08. The van der Waals surface area contributed by atoms with Crippen molar-refractivity contribution in [2.24, 2.45) is 0 Å². The number of Topliss-reactive ketones (excluding diaryl/α,β-unsaturated/α-hetero) is 1. The lowest BCUT2D eigenvalue weighted by Crippen LogP contribution is -2.51. The second kappa shape index (κ2) is 9.36. The molecule has 1 aromatic heterocycles. The van der Waals surface area contributed by atoms with Crippen LogP contribution in [0.15, 0.2) is 60.7 Å². The Bertz CT molecular complexity index is 1100. The molecule has 0 saturated carbocycles. The number of anilines is 1. The molecule has 1 saturated heterocycles. The van der Waals surface area contributed by atoms with Crippen LogP contribution in [-0.2, 0) is 0 Å². The molecule has 4 rings (SSSR count). The van der Waals surface area contributed by atoms with E-state index in [1.54, 1.807) is 17.0 Å². The Labute approximate surface area is 187 Å². The molecule has 0 aliphatic carbocycles. The Hall–Kier alpha value is -3.45. The summed E-state index contributed by atoms with van der Waals surface area (Å²) in [5.74, 6) is -0.238. The summed E-state index contributed by atoms with van der Waals surface area (Å²) in [5.41, 5.74) is 4.06. The van der Waals surface area contributed by atoms with Gasteiger partial charge in [-0.05, 0) is 56.3 Å². The highest BCUT2D eigenvalue weighted by atomic mass is 19.1. The third-order valence-electron chi connectivity index (χ3n) is 5.87. The van der Waals surface area contributed by atoms with Gasteiger partial charge in [0.1, 0.15) is 5.82 Å². The van der Waals surface area contributed by atoms with E-state index in [9.17, 15) is 14.0 Å². The molecule has 7 heteroatoms. The number of aromatic nitrogens is 1. The van der Waals surface area contributed by atoms with Crippen LogP contribution in [0.25, 0.3) is 5.69 Å². The normalized spacial score (nSPS) is 14.4. The highest BCUT2D eigenvalue weighted by Crippen LogP contribution is 2.22. The molecule has 6 nitrogen and oxygen atoms in total. The summed E-state index contributed by atoms with van der Waals surface area (Å²) in [6.45, 7) is 6.59. The number of halogens is 1. The summed E-state index contributed by atoms with van der Waals surface area (Å²) in [4.78, 5) is 29.3. The number of carbonyl (C=O) groups excluding carboxylic acids is 2. The van der Waals surface area contributed by atoms with Crippen molar-refractivity contribution in [1.29, 1.82) is 0 Å². The number of carbonyl (C=O) groups is 2. The predicted octanol–water partition coefficient (Wildman–Crippen LogP) is 4.27. The minimum Gasteiger partial charge on any atom is -0.322 e. The van der Waals surface area contributed by atoms with Gasteiger partial charge in [-0.2, -0.15) is 0 Å². The summed E-state index contributed by atoms with van der Waals surface area (Å²) in [6, 6.07) is 17.4. The summed E-state index contributed by atoms with van der Waals surface area (Å²) < 4.78 is 15.3. The maximum atomic E-state index is 13.3. The number of benzene rings is 2. The van der Waals surface area contributed by atoms with Gasteiger partial charge in [-0.15, -0.1) is 0 Å². The number of hydrogen-bond donors (Lipinski definition) is 1. The van der Waals surface area contributed by atoms with Crippen molar-refractivity contribution < 1.29 is 14.0 Å². The van der Waals surface area contributed by atoms with Gasteiger partial charge in [0, 0.05) is 54.5 Å². The first-order valence-electron chi connectivity index (χ1n) is 10.7. The lowest BCUT2D eigenvalue weighted by atomic mass is 10.1. The largest absolute Gasteiger partial charge is 0.322 e. The number of piperazine rings is 1. The summed E-state index contributed by atoms with van der Waals surface area (Å²) in [7, 11) is 0.